The zero-order chi connectivity index (χ0) is 18.8. The summed E-state index contributed by atoms with van der Waals surface area (Å²) in [6, 6.07) is 9.37. The van der Waals surface area contributed by atoms with Gasteiger partial charge in [-0.2, -0.15) is 0 Å². The van der Waals surface area contributed by atoms with Crippen molar-refractivity contribution in [3.63, 3.8) is 0 Å². The first-order valence-electron chi connectivity index (χ1n) is 8.38. The number of hydrogen-bond donors (Lipinski definition) is 1. The largest absolute Gasteiger partial charge is 0.486 e. The van der Waals surface area contributed by atoms with Gasteiger partial charge in [0, 0.05) is 35.5 Å². The highest BCUT2D eigenvalue weighted by molar-refractivity contribution is 6.32. The van der Waals surface area contributed by atoms with Gasteiger partial charge in [-0.15, -0.1) is 0 Å². The SMILES string of the molecule is O=C(NCC1Cc2cc(-c3cncnc3)cc(Cl)c2O1)c1cccc(F)c1. The predicted octanol–water partition coefficient (Wildman–Crippen LogP) is 3.67. The molecule has 1 amide bonds. The number of hydrogen-bond acceptors (Lipinski definition) is 4. The zero-order valence-electron chi connectivity index (χ0n) is 14.2. The summed E-state index contributed by atoms with van der Waals surface area (Å²) in [6.07, 6.45) is 5.28. The van der Waals surface area contributed by atoms with Crippen LogP contribution < -0.4 is 10.1 Å². The number of benzene rings is 2. The van der Waals surface area contributed by atoms with E-state index in [1.165, 1.54) is 24.5 Å². The van der Waals surface area contributed by atoms with Gasteiger partial charge in [0.25, 0.3) is 5.91 Å². The number of carbonyl (C=O) groups is 1. The maximum atomic E-state index is 13.2. The third kappa shape index (κ3) is 3.75. The van der Waals surface area contributed by atoms with Crippen LogP contribution in [-0.4, -0.2) is 28.5 Å². The monoisotopic (exact) mass is 383 g/mol. The molecule has 1 unspecified atom stereocenters. The number of fused-ring (bicyclic) bond motifs is 1. The quantitative estimate of drug-likeness (QED) is 0.746. The van der Waals surface area contributed by atoms with Crippen LogP contribution in [0.25, 0.3) is 11.1 Å². The molecular weight excluding hydrogens is 369 g/mol. The van der Waals surface area contributed by atoms with E-state index >= 15 is 0 Å². The first-order chi connectivity index (χ1) is 13.1. The van der Waals surface area contributed by atoms with E-state index in [2.05, 4.69) is 15.3 Å². The summed E-state index contributed by atoms with van der Waals surface area (Å²) < 4.78 is 19.1. The summed E-state index contributed by atoms with van der Waals surface area (Å²) in [5, 5.41) is 3.28. The van der Waals surface area contributed by atoms with Crippen LogP contribution in [0.4, 0.5) is 4.39 Å². The number of rotatable bonds is 4. The second-order valence-electron chi connectivity index (χ2n) is 6.24. The molecule has 0 saturated carbocycles. The van der Waals surface area contributed by atoms with Gasteiger partial charge in [-0.05, 0) is 35.9 Å². The van der Waals surface area contributed by atoms with E-state index in [-0.39, 0.29) is 17.6 Å². The molecule has 136 valence electrons. The zero-order valence-corrected chi connectivity index (χ0v) is 14.9. The van der Waals surface area contributed by atoms with Crippen molar-refractivity contribution in [3.8, 4) is 16.9 Å². The Morgan fingerprint density at radius 2 is 2.04 bits per heavy atom. The van der Waals surface area contributed by atoms with Gasteiger partial charge in [-0.25, -0.2) is 14.4 Å². The highest BCUT2D eigenvalue weighted by atomic mass is 35.5. The average molecular weight is 384 g/mol. The molecule has 1 aliphatic rings. The van der Waals surface area contributed by atoms with E-state index in [4.69, 9.17) is 16.3 Å². The second-order valence-corrected chi connectivity index (χ2v) is 6.65. The van der Waals surface area contributed by atoms with Gasteiger partial charge in [0.15, 0.2) is 0 Å². The molecule has 0 aliphatic carbocycles. The number of nitrogens with one attached hydrogen (secondary N) is 1. The molecule has 1 atom stereocenters. The Labute approximate surface area is 160 Å². The summed E-state index contributed by atoms with van der Waals surface area (Å²) in [7, 11) is 0. The maximum absolute atomic E-state index is 13.2. The fraction of sp³-hybridized carbons (Fsp3) is 0.150. The average Bonchev–Trinajstić information content (AvgIpc) is 3.10. The van der Waals surface area contributed by atoms with Crippen molar-refractivity contribution < 1.29 is 13.9 Å². The standard InChI is InChI=1S/C20H15ClFN3O2/c21-18-7-13(15-8-23-11-24-9-15)4-14-6-17(27-19(14)18)10-25-20(26)12-2-1-3-16(22)5-12/h1-5,7-9,11,17H,6,10H2,(H,25,26). The molecule has 27 heavy (non-hydrogen) atoms. The summed E-state index contributed by atoms with van der Waals surface area (Å²) in [5.41, 5.74) is 3.01. The van der Waals surface area contributed by atoms with Crippen molar-refractivity contribution >= 4 is 17.5 Å². The highest BCUT2D eigenvalue weighted by Gasteiger charge is 2.26. The minimum absolute atomic E-state index is 0.239. The molecule has 2 aromatic carbocycles. The van der Waals surface area contributed by atoms with Crippen LogP contribution in [0.5, 0.6) is 5.75 Å². The molecule has 7 heteroatoms. The fourth-order valence-corrected chi connectivity index (χ4v) is 3.34. The molecule has 0 radical (unpaired) electrons. The fourth-order valence-electron chi connectivity index (χ4n) is 3.05. The summed E-state index contributed by atoms with van der Waals surface area (Å²) in [6.45, 7) is 0.296. The Morgan fingerprint density at radius 3 is 2.81 bits per heavy atom. The van der Waals surface area contributed by atoms with Crippen molar-refractivity contribution in [1.82, 2.24) is 15.3 Å². The van der Waals surface area contributed by atoms with Crippen LogP contribution in [0.2, 0.25) is 5.02 Å². The van der Waals surface area contributed by atoms with Crippen LogP contribution in [-0.2, 0) is 6.42 Å². The molecule has 3 aromatic rings. The Hall–Kier alpha value is -2.99. The second kappa shape index (κ2) is 7.32. The smallest absolute Gasteiger partial charge is 0.251 e. The Balaban J connectivity index is 1.45. The first-order valence-corrected chi connectivity index (χ1v) is 8.76. The highest BCUT2D eigenvalue weighted by Crippen LogP contribution is 2.39. The molecule has 0 fully saturated rings. The van der Waals surface area contributed by atoms with Gasteiger partial charge >= 0.3 is 0 Å². The molecule has 2 heterocycles. The number of halogens is 2. The van der Waals surface area contributed by atoms with Crippen molar-refractivity contribution in [2.45, 2.75) is 12.5 Å². The molecule has 5 nitrogen and oxygen atoms in total. The Morgan fingerprint density at radius 1 is 1.22 bits per heavy atom. The van der Waals surface area contributed by atoms with Crippen LogP contribution in [0.1, 0.15) is 15.9 Å². The minimum atomic E-state index is -0.448. The van der Waals surface area contributed by atoms with Gasteiger partial charge < -0.3 is 10.1 Å². The number of amides is 1. The van der Waals surface area contributed by atoms with Crippen molar-refractivity contribution in [2.24, 2.45) is 0 Å². The van der Waals surface area contributed by atoms with Gasteiger partial charge in [-0.3, -0.25) is 4.79 Å². The summed E-state index contributed by atoms with van der Waals surface area (Å²) in [5.74, 6) is -0.166. The van der Waals surface area contributed by atoms with Crippen LogP contribution in [0.3, 0.4) is 0 Å². The van der Waals surface area contributed by atoms with E-state index in [0.29, 0.717) is 23.7 Å². The van der Waals surface area contributed by atoms with Gasteiger partial charge in [0.2, 0.25) is 0 Å². The molecule has 1 aliphatic heterocycles. The van der Waals surface area contributed by atoms with Crippen molar-refractivity contribution in [3.05, 3.63) is 77.1 Å². The first kappa shape index (κ1) is 17.4. The number of ether oxygens (including phenoxy) is 1. The van der Waals surface area contributed by atoms with Gasteiger partial charge in [0.1, 0.15) is 24.0 Å². The lowest BCUT2D eigenvalue weighted by atomic mass is 10.0. The molecule has 0 saturated heterocycles. The lowest BCUT2D eigenvalue weighted by Crippen LogP contribution is -2.34. The summed E-state index contributed by atoms with van der Waals surface area (Å²) >= 11 is 6.37. The van der Waals surface area contributed by atoms with Crippen molar-refractivity contribution in [2.75, 3.05) is 6.54 Å². The summed E-state index contributed by atoms with van der Waals surface area (Å²) in [4.78, 5) is 20.2. The van der Waals surface area contributed by atoms with Crippen molar-refractivity contribution in [1.29, 1.82) is 0 Å². The number of nitrogens with zero attached hydrogens (tertiary/aromatic N) is 2. The van der Waals surface area contributed by atoms with E-state index in [9.17, 15) is 9.18 Å². The maximum Gasteiger partial charge on any atom is 0.251 e. The van der Waals surface area contributed by atoms with Gasteiger partial charge in [0.05, 0.1) is 11.6 Å². The minimum Gasteiger partial charge on any atom is -0.486 e. The Bertz CT molecular complexity index is 998. The van der Waals surface area contributed by atoms with Crippen LogP contribution in [0.15, 0.2) is 55.1 Å². The molecule has 1 N–H and O–H groups in total. The Kier molecular flexibility index (Phi) is 4.73. The van der Waals surface area contributed by atoms with E-state index < -0.39 is 5.82 Å². The third-order valence-electron chi connectivity index (χ3n) is 4.32. The number of aromatic nitrogens is 2. The molecule has 0 bridgehead atoms. The van der Waals surface area contributed by atoms with Crippen LogP contribution >= 0.6 is 11.6 Å². The lowest BCUT2D eigenvalue weighted by Gasteiger charge is -2.12. The van der Waals surface area contributed by atoms with E-state index in [0.717, 1.165) is 16.7 Å². The third-order valence-corrected chi connectivity index (χ3v) is 4.60. The molecule has 0 spiro atoms. The number of carbonyl (C=O) groups excluding carboxylic acids is 1. The normalized spacial score (nSPS) is 15.1. The predicted molar refractivity (Wildman–Crippen MR) is 99.3 cm³/mol. The molecular formula is C20H15ClFN3O2. The van der Waals surface area contributed by atoms with E-state index in [1.54, 1.807) is 18.5 Å². The van der Waals surface area contributed by atoms with Crippen LogP contribution in [0, 0.1) is 5.82 Å². The molecule has 1 aromatic heterocycles. The van der Waals surface area contributed by atoms with E-state index in [1.807, 2.05) is 12.1 Å². The topological polar surface area (TPSA) is 64.1 Å². The molecule has 4 rings (SSSR count). The lowest BCUT2D eigenvalue weighted by molar-refractivity contribution is 0.0933. The van der Waals surface area contributed by atoms with Gasteiger partial charge in [-0.1, -0.05) is 17.7 Å².